The van der Waals surface area contributed by atoms with Crippen LogP contribution in [0.3, 0.4) is 0 Å². The molecular formula is C25H35FN2O5. The number of fused-ring (bicyclic) bond motifs is 1. The van der Waals surface area contributed by atoms with Gasteiger partial charge in [-0.25, -0.2) is 9.18 Å². The zero-order chi connectivity index (χ0) is 24.3. The van der Waals surface area contributed by atoms with Crippen LogP contribution in [0.4, 0.5) is 10.1 Å². The molecular weight excluding hydrogens is 427 g/mol. The maximum atomic E-state index is 15.4. The van der Waals surface area contributed by atoms with Crippen LogP contribution in [0.25, 0.3) is 10.9 Å². The fraction of sp³-hybridized carbons (Fsp3) is 0.600. The fourth-order valence-corrected chi connectivity index (χ4v) is 4.70. The van der Waals surface area contributed by atoms with Gasteiger partial charge in [-0.05, 0) is 43.7 Å². The number of benzene rings is 1. The molecule has 0 saturated heterocycles. The Bertz CT molecular complexity index is 1060. The summed E-state index contributed by atoms with van der Waals surface area (Å²) in [4.78, 5) is 26.3. The first-order chi connectivity index (χ1) is 15.7. The molecule has 2 N–H and O–H groups in total. The van der Waals surface area contributed by atoms with E-state index < -0.39 is 17.2 Å². The molecule has 1 aliphatic carbocycles. The molecule has 0 bridgehead atoms. The molecule has 3 rings (SSSR count). The number of hydrogen-bond donors (Lipinski definition) is 2. The van der Waals surface area contributed by atoms with Gasteiger partial charge in [-0.1, -0.05) is 20.3 Å². The maximum absolute atomic E-state index is 15.4. The molecule has 2 atom stereocenters. The molecule has 0 radical (unpaired) electrons. The highest BCUT2D eigenvalue weighted by Crippen LogP contribution is 2.40. The zero-order valence-electron chi connectivity index (χ0n) is 19.9. The lowest BCUT2D eigenvalue weighted by molar-refractivity contribution is 0.0603. The number of ether oxygens (including phenoxy) is 1. The lowest BCUT2D eigenvalue weighted by Crippen LogP contribution is -2.35. The van der Waals surface area contributed by atoms with Crippen molar-refractivity contribution in [2.24, 2.45) is 11.8 Å². The van der Waals surface area contributed by atoms with E-state index in [9.17, 15) is 19.8 Å². The van der Waals surface area contributed by atoms with Gasteiger partial charge in [-0.15, -0.1) is 0 Å². The summed E-state index contributed by atoms with van der Waals surface area (Å²) in [5.41, 5.74) is 0.578. The van der Waals surface area contributed by atoms with E-state index in [0.29, 0.717) is 36.5 Å². The zero-order valence-corrected chi connectivity index (χ0v) is 19.9. The topological polar surface area (TPSA) is 92.0 Å². The average molecular weight is 463 g/mol. The Morgan fingerprint density at radius 3 is 2.58 bits per heavy atom. The number of aliphatic hydroxyl groups is 1. The molecule has 1 aliphatic rings. The number of halogens is 1. The van der Waals surface area contributed by atoms with Gasteiger partial charge in [0.2, 0.25) is 5.43 Å². The van der Waals surface area contributed by atoms with Crippen LogP contribution >= 0.6 is 0 Å². The Morgan fingerprint density at radius 1 is 1.33 bits per heavy atom. The number of nitrogens with zero attached hydrogens (tertiary/aromatic N) is 2. The first-order valence-corrected chi connectivity index (χ1v) is 11.8. The van der Waals surface area contributed by atoms with Crippen LogP contribution in [0, 0.1) is 24.6 Å². The SMILES string of the molecule is CCCOC[C@H](CN(C)c1c(F)cc2c(=O)c(C(=O)O)cn(C3CC3)c2c1C)[C@H](CC)CO. The van der Waals surface area contributed by atoms with Gasteiger partial charge in [0.15, 0.2) is 0 Å². The van der Waals surface area contributed by atoms with Crippen molar-refractivity contribution in [2.45, 2.75) is 52.5 Å². The summed E-state index contributed by atoms with van der Waals surface area (Å²) in [7, 11) is 1.80. The molecule has 2 aromatic rings. The monoisotopic (exact) mass is 462 g/mol. The number of rotatable bonds is 12. The summed E-state index contributed by atoms with van der Waals surface area (Å²) in [5, 5.41) is 19.4. The number of aryl methyl sites for hydroxylation is 1. The molecule has 0 unspecified atom stereocenters. The molecule has 1 saturated carbocycles. The van der Waals surface area contributed by atoms with Gasteiger partial charge in [0.25, 0.3) is 0 Å². The highest BCUT2D eigenvalue weighted by molar-refractivity contribution is 5.95. The molecule has 1 aromatic heterocycles. The van der Waals surface area contributed by atoms with Crippen LogP contribution in [0.1, 0.15) is 61.5 Å². The fourth-order valence-electron chi connectivity index (χ4n) is 4.70. The first kappa shape index (κ1) is 25.2. The van der Waals surface area contributed by atoms with Crippen LogP contribution < -0.4 is 10.3 Å². The van der Waals surface area contributed by atoms with Crippen molar-refractivity contribution in [1.29, 1.82) is 0 Å². The molecule has 7 nitrogen and oxygen atoms in total. The van der Waals surface area contributed by atoms with E-state index in [-0.39, 0.29) is 35.4 Å². The Labute approximate surface area is 193 Å². The summed E-state index contributed by atoms with van der Waals surface area (Å²) in [5.74, 6) is -1.84. The third-order valence-corrected chi connectivity index (χ3v) is 6.65. The van der Waals surface area contributed by atoms with E-state index in [2.05, 4.69) is 0 Å². The van der Waals surface area contributed by atoms with Crippen molar-refractivity contribution in [3.8, 4) is 0 Å². The largest absolute Gasteiger partial charge is 0.477 e. The molecule has 1 heterocycles. The van der Waals surface area contributed by atoms with Gasteiger partial charge in [0.05, 0.1) is 17.8 Å². The van der Waals surface area contributed by atoms with Gasteiger partial charge < -0.3 is 24.4 Å². The van der Waals surface area contributed by atoms with Crippen molar-refractivity contribution < 1.29 is 24.1 Å². The number of aromatic carboxylic acids is 1. The van der Waals surface area contributed by atoms with Crippen LogP contribution in [-0.4, -0.2) is 54.2 Å². The molecule has 0 aliphatic heterocycles. The third kappa shape index (κ3) is 5.22. The van der Waals surface area contributed by atoms with Crippen molar-refractivity contribution in [3.63, 3.8) is 0 Å². The number of aromatic nitrogens is 1. The van der Waals surface area contributed by atoms with E-state index in [0.717, 1.165) is 25.7 Å². The summed E-state index contributed by atoms with van der Waals surface area (Å²) in [6.07, 6.45) is 4.87. The van der Waals surface area contributed by atoms with Crippen molar-refractivity contribution >= 4 is 22.6 Å². The number of anilines is 1. The molecule has 33 heavy (non-hydrogen) atoms. The smallest absolute Gasteiger partial charge is 0.341 e. The maximum Gasteiger partial charge on any atom is 0.341 e. The standard InChI is InChI=1S/C25H35FN2O5/c1-5-9-33-14-17(16(6-2)13-29)11-27(4)23-15(3)22-19(10-21(23)26)24(30)20(25(31)32)12-28(22)18-7-8-18/h10,12,16-18,29H,5-9,11,13-14H2,1-4H3,(H,31,32)/t16-,17+/m1/s1. The Balaban J connectivity index is 2.07. The minimum atomic E-state index is -1.31. The number of carbonyl (C=O) groups is 1. The Morgan fingerprint density at radius 2 is 2.03 bits per heavy atom. The van der Waals surface area contributed by atoms with E-state index in [1.54, 1.807) is 14.0 Å². The minimum absolute atomic E-state index is 0.00561. The first-order valence-electron chi connectivity index (χ1n) is 11.8. The third-order valence-electron chi connectivity index (χ3n) is 6.65. The molecule has 1 fully saturated rings. The van der Waals surface area contributed by atoms with E-state index in [4.69, 9.17) is 4.74 Å². The predicted molar refractivity (Wildman–Crippen MR) is 127 cm³/mol. The van der Waals surface area contributed by atoms with Gasteiger partial charge >= 0.3 is 5.97 Å². The van der Waals surface area contributed by atoms with E-state index in [1.165, 1.54) is 12.3 Å². The normalized spacial score (nSPS) is 15.6. The summed E-state index contributed by atoms with van der Waals surface area (Å²) < 4.78 is 23.0. The second-order valence-corrected chi connectivity index (χ2v) is 9.11. The summed E-state index contributed by atoms with van der Waals surface area (Å²) >= 11 is 0. The van der Waals surface area contributed by atoms with Crippen LogP contribution in [0.15, 0.2) is 17.1 Å². The van der Waals surface area contributed by atoms with Crippen molar-refractivity contribution in [1.82, 2.24) is 4.57 Å². The highest BCUT2D eigenvalue weighted by atomic mass is 19.1. The van der Waals surface area contributed by atoms with Crippen LogP contribution in [-0.2, 0) is 4.74 Å². The van der Waals surface area contributed by atoms with Crippen molar-refractivity contribution in [3.05, 3.63) is 39.4 Å². The Kier molecular flexibility index (Phi) is 8.13. The second kappa shape index (κ2) is 10.7. The second-order valence-electron chi connectivity index (χ2n) is 9.11. The van der Waals surface area contributed by atoms with E-state index in [1.807, 2.05) is 23.3 Å². The van der Waals surface area contributed by atoms with Gasteiger partial charge in [0, 0.05) is 50.3 Å². The molecule has 0 spiro atoms. The highest BCUT2D eigenvalue weighted by Gasteiger charge is 2.30. The van der Waals surface area contributed by atoms with Gasteiger partial charge in [-0.3, -0.25) is 4.79 Å². The summed E-state index contributed by atoms with van der Waals surface area (Å²) in [6.45, 7) is 7.44. The number of aliphatic hydroxyl groups excluding tert-OH is 1. The number of hydrogen-bond acceptors (Lipinski definition) is 5. The quantitative estimate of drug-likeness (QED) is 0.464. The predicted octanol–water partition coefficient (Wildman–Crippen LogP) is 3.98. The molecule has 1 aromatic carbocycles. The van der Waals surface area contributed by atoms with Crippen molar-refractivity contribution in [2.75, 3.05) is 38.3 Å². The number of carboxylic acids is 1. The minimum Gasteiger partial charge on any atom is -0.477 e. The van der Waals surface area contributed by atoms with E-state index >= 15 is 4.39 Å². The lowest BCUT2D eigenvalue weighted by atomic mass is 9.90. The molecule has 0 amide bonds. The Hall–Kier alpha value is -2.45. The average Bonchev–Trinajstić information content (AvgIpc) is 3.60. The van der Waals surface area contributed by atoms with Crippen LogP contribution in [0.2, 0.25) is 0 Å². The van der Waals surface area contributed by atoms with Gasteiger partial charge in [-0.2, -0.15) is 0 Å². The van der Waals surface area contributed by atoms with Crippen LogP contribution in [0.5, 0.6) is 0 Å². The molecule has 8 heteroatoms. The lowest BCUT2D eigenvalue weighted by Gasteiger charge is -2.32. The summed E-state index contributed by atoms with van der Waals surface area (Å²) in [6, 6.07) is 1.29. The number of pyridine rings is 1. The molecule has 182 valence electrons. The number of carboxylic acid groups (broad SMARTS) is 1. The van der Waals surface area contributed by atoms with Gasteiger partial charge in [0.1, 0.15) is 11.4 Å².